The van der Waals surface area contributed by atoms with E-state index in [0.717, 1.165) is 29.7 Å². The van der Waals surface area contributed by atoms with Crippen LogP contribution in [0.4, 0.5) is 11.5 Å². The molecule has 0 unspecified atom stereocenters. The summed E-state index contributed by atoms with van der Waals surface area (Å²) in [5.74, 6) is 1.69. The first-order chi connectivity index (χ1) is 6.25. The van der Waals surface area contributed by atoms with E-state index in [1.807, 2.05) is 19.1 Å². The minimum Gasteiger partial charge on any atom is -0.396 e. The number of pyridine rings is 1. The third-order valence-electron chi connectivity index (χ3n) is 2.32. The summed E-state index contributed by atoms with van der Waals surface area (Å²) in [6.07, 6.45) is 2.69. The monoisotopic (exact) mass is 177 g/mol. The first-order valence-electron chi connectivity index (χ1n) is 4.72. The van der Waals surface area contributed by atoms with Crippen LogP contribution < -0.4 is 11.1 Å². The van der Waals surface area contributed by atoms with E-state index in [0.29, 0.717) is 0 Å². The molecule has 0 spiro atoms. The van der Waals surface area contributed by atoms with Crippen molar-refractivity contribution in [2.75, 3.05) is 17.6 Å². The number of nitrogen functional groups attached to an aromatic ring is 1. The van der Waals surface area contributed by atoms with Gasteiger partial charge in [0, 0.05) is 12.2 Å². The standard InChI is InChI=1S/C10H15N3/c1-7-2-5-9(11)10(13-7)12-6-8-3-4-8/h2,5,8H,3-4,6,11H2,1H3,(H,12,13). The first-order valence-corrected chi connectivity index (χ1v) is 4.72. The van der Waals surface area contributed by atoms with Crippen LogP contribution in [0.2, 0.25) is 0 Å². The fraction of sp³-hybridized carbons (Fsp3) is 0.500. The van der Waals surface area contributed by atoms with Crippen LogP contribution in [0, 0.1) is 12.8 Å². The van der Waals surface area contributed by atoms with E-state index in [-0.39, 0.29) is 0 Å². The number of aryl methyl sites for hydroxylation is 1. The highest BCUT2D eigenvalue weighted by atomic mass is 15.0. The van der Waals surface area contributed by atoms with Crippen LogP contribution in [-0.2, 0) is 0 Å². The van der Waals surface area contributed by atoms with Crippen LogP contribution in [-0.4, -0.2) is 11.5 Å². The van der Waals surface area contributed by atoms with Crippen LogP contribution in [0.1, 0.15) is 18.5 Å². The predicted octanol–water partition coefficient (Wildman–Crippen LogP) is 1.79. The molecule has 1 aliphatic carbocycles. The molecule has 3 nitrogen and oxygen atoms in total. The van der Waals surface area contributed by atoms with Crippen molar-refractivity contribution in [1.82, 2.24) is 4.98 Å². The van der Waals surface area contributed by atoms with Gasteiger partial charge in [0.05, 0.1) is 5.69 Å². The van der Waals surface area contributed by atoms with Crippen LogP contribution in [0.15, 0.2) is 12.1 Å². The fourth-order valence-electron chi connectivity index (χ4n) is 1.27. The van der Waals surface area contributed by atoms with Gasteiger partial charge in [-0.25, -0.2) is 4.98 Å². The molecule has 0 aromatic carbocycles. The lowest BCUT2D eigenvalue weighted by molar-refractivity contribution is 0.882. The molecule has 3 N–H and O–H groups in total. The number of hydrogen-bond acceptors (Lipinski definition) is 3. The Hall–Kier alpha value is -1.25. The number of aromatic nitrogens is 1. The topological polar surface area (TPSA) is 50.9 Å². The zero-order chi connectivity index (χ0) is 9.26. The SMILES string of the molecule is Cc1ccc(N)c(NCC2CC2)n1. The van der Waals surface area contributed by atoms with Gasteiger partial charge >= 0.3 is 0 Å². The largest absolute Gasteiger partial charge is 0.396 e. The van der Waals surface area contributed by atoms with Gasteiger partial charge in [0.15, 0.2) is 0 Å². The van der Waals surface area contributed by atoms with Gasteiger partial charge in [-0.15, -0.1) is 0 Å². The Balaban J connectivity index is 2.03. The van der Waals surface area contributed by atoms with Crippen LogP contribution in [0.25, 0.3) is 0 Å². The van der Waals surface area contributed by atoms with E-state index in [4.69, 9.17) is 5.73 Å². The summed E-state index contributed by atoms with van der Waals surface area (Å²) >= 11 is 0. The lowest BCUT2D eigenvalue weighted by Gasteiger charge is -2.07. The van der Waals surface area contributed by atoms with Crippen molar-refractivity contribution in [3.63, 3.8) is 0 Å². The molecule has 0 radical (unpaired) electrons. The van der Waals surface area contributed by atoms with E-state index in [9.17, 15) is 0 Å². The molecule has 70 valence electrons. The van der Waals surface area contributed by atoms with Crippen molar-refractivity contribution in [1.29, 1.82) is 0 Å². The van der Waals surface area contributed by atoms with E-state index in [2.05, 4.69) is 10.3 Å². The van der Waals surface area contributed by atoms with Crippen LogP contribution >= 0.6 is 0 Å². The summed E-state index contributed by atoms with van der Waals surface area (Å²) in [5, 5.41) is 3.28. The maximum Gasteiger partial charge on any atom is 0.149 e. The number of nitrogens with two attached hydrogens (primary N) is 1. The van der Waals surface area contributed by atoms with Crippen molar-refractivity contribution in [2.24, 2.45) is 5.92 Å². The quantitative estimate of drug-likeness (QED) is 0.740. The molecule has 1 aromatic rings. The maximum atomic E-state index is 5.77. The Kier molecular flexibility index (Phi) is 2.08. The summed E-state index contributed by atoms with van der Waals surface area (Å²) in [4.78, 5) is 4.34. The predicted molar refractivity (Wildman–Crippen MR) is 54.6 cm³/mol. The zero-order valence-electron chi connectivity index (χ0n) is 7.88. The van der Waals surface area contributed by atoms with Gasteiger partial charge in [-0.3, -0.25) is 0 Å². The van der Waals surface area contributed by atoms with Gasteiger partial charge in [-0.05, 0) is 37.8 Å². The highest BCUT2D eigenvalue weighted by Crippen LogP contribution is 2.29. The molecule has 1 heterocycles. The minimum absolute atomic E-state index is 0.742. The van der Waals surface area contributed by atoms with Crippen molar-refractivity contribution < 1.29 is 0 Å². The Bertz CT molecular complexity index is 305. The number of rotatable bonds is 3. The molecule has 13 heavy (non-hydrogen) atoms. The van der Waals surface area contributed by atoms with E-state index >= 15 is 0 Å². The zero-order valence-corrected chi connectivity index (χ0v) is 7.88. The average Bonchev–Trinajstić information content (AvgIpc) is 2.90. The molecule has 0 aliphatic heterocycles. The van der Waals surface area contributed by atoms with Gasteiger partial charge in [0.2, 0.25) is 0 Å². The third-order valence-corrected chi connectivity index (χ3v) is 2.32. The summed E-state index contributed by atoms with van der Waals surface area (Å²) in [7, 11) is 0. The number of nitrogens with zero attached hydrogens (tertiary/aromatic N) is 1. The van der Waals surface area contributed by atoms with Gasteiger partial charge in [0.1, 0.15) is 5.82 Å². The summed E-state index contributed by atoms with van der Waals surface area (Å²) < 4.78 is 0. The van der Waals surface area contributed by atoms with Gasteiger partial charge in [0.25, 0.3) is 0 Å². The summed E-state index contributed by atoms with van der Waals surface area (Å²) in [6, 6.07) is 3.83. The number of anilines is 2. The van der Waals surface area contributed by atoms with Gasteiger partial charge in [-0.2, -0.15) is 0 Å². The molecule has 0 bridgehead atoms. The maximum absolute atomic E-state index is 5.77. The van der Waals surface area contributed by atoms with Crippen molar-refractivity contribution in [3.05, 3.63) is 17.8 Å². The summed E-state index contributed by atoms with van der Waals surface area (Å²) in [5.41, 5.74) is 7.52. The van der Waals surface area contributed by atoms with Gasteiger partial charge < -0.3 is 11.1 Å². The second kappa shape index (κ2) is 3.24. The van der Waals surface area contributed by atoms with Crippen molar-refractivity contribution in [2.45, 2.75) is 19.8 Å². The lowest BCUT2D eigenvalue weighted by atomic mass is 10.3. The molecule has 0 saturated heterocycles. The van der Waals surface area contributed by atoms with E-state index in [1.54, 1.807) is 0 Å². The smallest absolute Gasteiger partial charge is 0.149 e. The number of nitrogens with one attached hydrogen (secondary N) is 1. The average molecular weight is 177 g/mol. The van der Waals surface area contributed by atoms with Gasteiger partial charge in [-0.1, -0.05) is 0 Å². The van der Waals surface area contributed by atoms with Crippen LogP contribution in [0.5, 0.6) is 0 Å². The Morgan fingerprint density at radius 3 is 3.00 bits per heavy atom. The molecule has 0 atom stereocenters. The van der Waals surface area contributed by atoms with E-state index < -0.39 is 0 Å². The van der Waals surface area contributed by atoms with E-state index in [1.165, 1.54) is 12.8 Å². The second-order valence-corrected chi connectivity index (χ2v) is 3.71. The highest BCUT2D eigenvalue weighted by molar-refractivity contribution is 5.61. The molecular formula is C10H15N3. The Morgan fingerprint density at radius 2 is 2.31 bits per heavy atom. The molecule has 3 heteroatoms. The Labute approximate surface area is 78.4 Å². The summed E-state index contributed by atoms with van der Waals surface area (Å²) in [6.45, 7) is 2.99. The second-order valence-electron chi connectivity index (χ2n) is 3.71. The molecule has 1 aliphatic rings. The fourth-order valence-corrected chi connectivity index (χ4v) is 1.27. The molecule has 1 saturated carbocycles. The highest BCUT2D eigenvalue weighted by Gasteiger charge is 2.20. The third kappa shape index (κ3) is 2.11. The molecule has 1 aromatic heterocycles. The molecule has 2 rings (SSSR count). The number of hydrogen-bond donors (Lipinski definition) is 2. The molecule has 1 fully saturated rings. The first kappa shape index (κ1) is 8.35. The molecule has 0 amide bonds. The lowest BCUT2D eigenvalue weighted by Crippen LogP contribution is -2.07. The normalized spacial score (nSPS) is 15.8. The Morgan fingerprint density at radius 1 is 1.54 bits per heavy atom. The van der Waals surface area contributed by atoms with Crippen molar-refractivity contribution in [3.8, 4) is 0 Å². The van der Waals surface area contributed by atoms with Crippen LogP contribution in [0.3, 0.4) is 0 Å². The van der Waals surface area contributed by atoms with Crippen molar-refractivity contribution >= 4 is 11.5 Å². The molecular weight excluding hydrogens is 162 g/mol. The minimum atomic E-state index is 0.742.